The summed E-state index contributed by atoms with van der Waals surface area (Å²) in [7, 11) is 0. The van der Waals surface area contributed by atoms with E-state index >= 15 is 0 Å². The van der Waals surface area contributed by atoms with Crippen molar-refractivity contribution in [2.75, 3.05) is 6.79 Å². The molecule has 9 heavy (non-hydrogen) atoms. The summed E-state index contributed by atoms with van der Waals surface area (Å²) in [5.74, 6) is -0.338. The summed E-state index contributed by atoms with van der Waals surface area (Å²) >= 11 is 0. The number of carbonyl (C=O) groups is 1. The molecule has 0 fully saturated rings. The molecular weight excluding hydrogens is 148 g/mol. The fraction of sp³-hybridized carbons (Fsp3) is 0.800. The van der Waals surface area contributed by atoms with Gasteiger partial charge in [-0.1, -0.05) is 6.92 Å². The van der Waals surface area contributed by atoms with E-state index in [1.54, 1.807) is 0 Å². The molecular formula is C5H12CaO3. The van der Waals surface area contributed by atoms with E-state index in [2.05, 4.69) is 4.74 Å². The van der Waals surface area contributed by atoms with Crippen LogP contribution in [0.1, 0.15) is 22.6 Å². The van der Waals surface area contributed by atoms with Crippen molar-refractivity contribution in [2.45, 2.75) is 19.8 Å². The number of ether oxygens (including phenoxy) is 1. The van der Waals surface area contributed by atoms with Gasteiger partial charge >= 0.3 is 43.7 Å². The summed E-state index contributed by atoms with van der Waals surface area (Å²) in [5, 5.41) is 8.02. The number of rotatable bonds is 3. The van der Waals surface area contributed by atoms with Crippen molar-refractivity contribution in [3.05, 3.63) is 0 Å². The van der Waals surface area contributed by atoms with E-state index in [0.29, 0.717) is 6.42 Å². The van der Waals surface area contributed by atoms with Crippen LogP contribution >= 0.6 is 0 Å². The Labute approximate surface area is 87.4 Å². The third kappa shape index (κ3) is 8.69. The van der Waals surface area contributed by atoms with Gasteiger partial charge in [-0.2, -0.15) is 0 Å². The molecule has 0 spiro atoms. The number of hydrogen-bond acceptors (Lipinski definition) is 3. The number of esters is 1. The van der Waals surface area contributed by atoms with Gasteiger partial charge in [-0.15, -0.1) is 0 Å². The zero-order chi connectivity index (χ0) is 6.41. The topological polar surface area (TPSA) is 46.5 Å². The molecule has 0 rings (SSSR count). The van der Waals surface area contributed by atoms with Crippen LogP contribution in [0.25, 0.3) is 0 Å². The van der Waals surface area contributed by atoms with Crippen LogP contribution in [-0.2, 0) is 9.53 Å². The van der Waals surface area contributed by atoms with Gasteiger partial charge in [0.15, 0.2) is 6.79 Å². The maximum Gasteiger partial charge on any atom is 2.00 e. The van der Waals surface area contributed by atoms with Crippen molar-refractivity contribution < 1.29 is 17.5 Å². The van der Waals surface area contributed by atoms with Crippen LogP contribution in [0.2, 0.25) is 0 Å². The Hall–Kier alpha value is 0.690. The van der Waals surface area contributed by atoms with Crippen molar-refractivity contribution in [3.63, 3.8) is 0 Å². The molecule has 1 N–H and O–H groups in total. The van der Waals surface area contributed by atoms with Crippen molar-refractivity contribution in [1.29, 1.82) is 0 Å². The summed E-state index contributed by atoms with van der Waals surface area (Å²) in [6.07, 6.45) is 1.15. The van der Waals surface area contributed by atoms with Crippen molar-refractivity contribution >= 4 is 43.7 Å². The molecule has 4 heteroatoms. The second-order valence-corrected chi connectivity index (χ2v) is 1.40. The van der Waals surface area contributed by atoms with E-state index < -0.39 is 6.79 Å². The molecule has 0 aromatic rings. The second-order valence-electron chi connectivity index (χ2n) is 1.40. The smallest absolute Gasteiger partial charge is 1.00 e. The number of hydrogen-bond donors (Lipinski definition) is 1. The molecule has 0 aliphatic rings. The van der Waals surface area contributed by atoms with Crippen LogP contribution in [0.4, 0.5) is 0 Å². The number of carbonyl (C=O) groups excluding carboxylic acids is 1. The molecule has 0 unspecified atom stereocenters. The molecule has 0 aromatic carbocycles. The zero-order valence-corrected chi connectivity index (χ0v) is 7.80. The first-order valence-electron chi connectivity index (χ1n) is 2.57. The van der Waals surface area contributed by atoms with E-state index in [-0.39, 0.29) is 46.6 Å². The van der Waals surface area contributed by atoms with Gasteiger partial charge in [0.2, 0.25) is 0 Å². The Bertz CT molecular complexity index is 74.1. The van der Waals surface area contributed by atoms with Crippen LogP contribution in [0.5, 0.6) is 0 Å². The molecule has 0 aliphatic heterocycles. The molecule has 0 heterocycles. The van der Waals surface area contributed by atoms with Gasteiger partial charge in [-0.3, -0.25) is 4.79 Å². The normalized spacial score (nSPS) is 7.78. The van der Waals surface area contributed by atoms with Crippen molar-refractivity contribution in [2.24, 2.45) is 0 Å². The molecule has 0 saturated carbocycles. The Morgan fingerprint density at radius 3 is 2.67 bits per heavy atom. The number of aliphatic hydroxyl groups is 1. The second kappa shape index (κ2) is 8.69. The Morgan fingerprint density at radius 2 is 2.33 bits per heavy atom. The van der Waals surface area contributed by atoms with Gasteiger partial charge in [-0.25, -0.2) is 0 Å². The monoisotopic (exact) mass is 160 g/mol. The van der Waals surface area contributed by atoms with Crippen molar-refractivity contribution in [3.8, 4) is 0 Å². The third-order valence-electron chi connectivity index (χ3n) is 0.680. The van der Waals surface area contributed by atoms with E-state index in [1.165, 1.54) is 0 Å². The Morgan fingerprint density at radius 1 is 1.78 bits per heavy atom. The summed E-state index contributed by atoms with van der Waals surface area (Å²) < 4.78 is 4.20. The van der Waals surface area contributed by atoms with Gasteiger partial charge in [-0.05, 0) is 6.42 Å². The van der Waals surface area contributed by atoms with E-state index in [9.17, 15) is 4.79 Å². The fourth-order valence-corrected chi connectivity index (χ4v) is 0.348. The average Bonchev–Trinajstić information content (AvgIpc) is 1.68. The Balaban J connectivity index is -0.0000000817. The third-order valence-corrected chi connectivity index (χ3v) is 0.680. The molecule has 0 bridgehead atoms. The standard InChI is InChI=1S/C5H10O3.Ca.2H/c1-2-3-5(7)8-4-6;;;/h6H,2-4H2,1H3;;;/q;+2;2*-1. The van der Waals surface area contributed by atoms with Gasteiger partial charge in [0, 0.05) is 6.42 Å². The first-order valence-corrected chi connectivity index (χ1v) is 2.57. The van der Waals surface area contributed by atoms with Crippen LogP contribution in [0.3, 0.4) is 0 Å². The van der Waals surface area contributed by atoms with E-state index in [4.69, 9.17) is 5.11 Å². The fourth-order valence-electron chi connectivity index (χ4n) is 0.348. The molecule has 0 aliphatic carbocycles. The maximum absolute atomic E-state index is 10.3. The van der Waals surface area contributed by atoms with Crippen LogP contribution in [0, 0.1) is 0 Å². The van der Waals surface area contributed by atoms with Crippen LogP contribution < -0.4 is 0 Å². The molecule has 3 nitrogen and oxygen atoms in total. The molecule has 0 radical (unpaired) electrons. The first kappa shape index (κ1) is 12.4. The van der Waals surface area contributed by atoms with Gasteiger partial charge in [0.05, 0.1) is 0 Å². The average molecular weight is 160 g/mol. The number of aliphatic hydroxyl groups excluding tert-OH is 1. The summed E-state index contributed by atoms with van der Waals surface area (Å²) in [6, 6.07) is 0. The predicted molar refractivity (Wildman–Crippen MR) is 36.1 cm³/mol. The minimum atomic E-state index is -0.501. The molecule has 0 aromatic heterocycles. The zero-order valence-electron chi connectivity index (χ0n) is 7.59. The van der Waals surface area contributed by atoms with Gasteiger partial charge in [0.1, 0.15) is 0 Å². The molecule has 0 saturated heterocycles. The molecule has 0 amide bonds. The molecule has 52 valence electrons. The van der Waals surface area contributed by atoms with Gasteiger partial charge < -0.3 is 12.7 Å². The van der Waals surface area contributed by atoms with Gasteiger partial charge in [0.25, 0.3) is 0 Å². The first-order chi connectivity index (χ1) is 3.81. The maximum atomic E-state index is 10.3. The van der Waals surface area contributed by atoms with Crippen LogP contribution in [0.15, 0.2) is 0 Å². The van der Waals surface area contributed by atoms with E-state index in [1.807, 2.05) is 6.92 Å². The summed E-state index contributed by atoms with van der Waals surface area (Å²) in [6.45, 7) is 1.37. The Kier molecular flexibility index (Phi) is 11.9. The largest absolute Gasteiger partial charge is 2.00 e. The minimum Gasteiger partial charge on any atom is -1.00 e. The SMILES string of the molecule is CCCC(=O)OCO.[Ca+2].[H-].[H-]. The molecule has 0 atom stereocenters. The van der Waals surface area contributed by atoms with Crippen molar-refractivity contribution in [1.82, 2.24) is 0 Å². The summed E-state index contributed by atoms with van der Waals surface area (Å²) in [4.78, 5) is 10.3. The quantitative estimate of drug-likeness (QED) is 0.362. The summed E-state index contributed by atoms with van der Waals surface area (Å²) in [5.41, 5.74) is 0. The van der Waals surface area contributed by atoms with Crippen LogP contribution in [-0.4, -0.2) is 55.6 Å². The minimum absolute atomic E-state index is 0. The predicted octanol–water partition coefficient (Wildman–Crippen LogP) is 0.124. The van der Waals surface area contributed by atoms with E-state index in [0.717, 1.165) is 6.42 Å².